The summed E-state index contributed by atoms with van der Waals surface area (Å²) in [6.45, 7) is 5.54. The third-order valence-electron chi connectivity index (χ3n) is 3.01. The van der Waals surface area contributed by atoms with Crippen molar-refractivity contribution in [3.8, 4) is 5.75 Å². The molecule has 1 aromatic rings. The van der Waals surface area contributed by atoms with Gasteiger partial charge in [0.25, 0.3) is 0 Å². The van der Waals surface area contributed by atoms with Crippen molar-refractivity contribution in [1.82, 2.24) is 0 Å². The SMILES string of the molecule is Cc1cccc(C)c1OCC[C@H](CO)CCN. The molecule has 17 heavy (non-hydrogen) atoms. The lowest BCUT2D eigenvalue weighted by Crippen LogP contribution is -2.15. The van der Waals surface area contributed by atoms with Gasteiger partial charge in [0.1, 0.15) is 5.75 Å². The number of para-hydroxylation sites is 1. The molecule has 0 saturated carbocycles. The molecule has 3 nitrogen and oxygen atoms in total. The summed E-state index contributed by atoms with van der Waals surface area (Å²) in [6, 6.07) is 6.12. The molecule has 3 N–H and O–H groups in total. The fourth-order valence-corrected chi connectivity index (χ4v) is 1.92. The molecule has 0 saturated heterocycles. The summed E-state index contributed by atoms with van der Waals surface area (Å²) in [7, 11) is 0. The van der Waals surface area contributed by atoms with Gasteiger partial charge in [-0.25, -0.2) is 0 Å². The van der Waals surface area contributed by atoms with E-state index in [-0.39, 0.29) is 12.5 Å². The molecule has 1 rings (SSSR count). The van der Waals surface area contributed by atoms with Crippen LogP contribution in [0.1, 0.15) is 24.0 Å². The number of aryl methyl sites for hydroxylation is 2. The third kappa shape index (κ3) is 4.36. The number of aliphatic hydroxyl groups excluding tert-OH is 1. The van der Waals surface area contributed by atoms with Crippen molar-refractivity contribution in [3.63, 3.8) is 0 Å². The van der Waals surface area contributed by atoms with Crippen LogP contribution < -0.4 is 10.5 Å². The number of rotatable bonds is 7. The van der Waals surface area contributed by atoms with E-state index in [9.17, 15) is 0 Å². The Balaban J connectivity index is 2.45. The largest absolute Gasteiger partial charge is 0.493 e. The van der Waals surface area contributed by atoms with Gasteiger partial charge in [0.15, 0.2) is 0 Å². The zero-order chi connectivity index (χ0) is 12.7. The minimum Gasteiger partial charge on any atom is -0.493 e. The normalized spacial score (nSPS) is 12.5. The molecule has 3 heteroatoms. The molecule has 1 atom stereocenters. The van der Waals surface area contributed by atoms with Crippen LogP contribution in [0.15, 0.2) is 18.2 Å². The lowest BCUT2D eigenvalue weighted by atomic mass is 10.0. The highest BCUT2D eigenvalue weighted by Crippen LogP contribution is 2.22. The van der Waals surface area contributed by atoms with E-state index < -0.39 is 0 Å². The molecule has 0 bridgehead atoms. The number of ether oxygens (including phenoxy) is 1. The molecular formula is C14H23NO2. The Hall–Kier alpha value is -1.06. The number of hydrogen-bond acceptors (Lipinski definition) is 3. The second-order valence-corrected chi connectivity index (χ2v) is 4.48. The van der Waals surface area contributed by atoms with E-state index in [0.29, 0.717) is 13.2 Å². The first kappa shape index (κ1) is 14.0. The molecule has 0 spiro atoms. The second kappa shape index (κ2) is 7.30. The van der Waals surface area contributed by atoms with Gasteiger partial charge in [0.05, 0.1) is 6.61 Å². The van der Waals surface area contributed by atoms with Crippen LogP contribution in [0.2, 0.25) is 0 Å². The average Bonchev–Trinajstić information content (AvgIpc) is 2.31. The first-order chi connectivity index (χ1) is 8.19. The topological polar surface area (TPSA) is 55.5 Å². The Morgan fingerprint density at radius 3 is 2.41 bits per heavy atom. The summed E-state index contributed by atoms with van der Waals surface area (Å²) in [5, 5.41) is 9.15. The zero-order valence-electron chi connectivity index (χ0n) is 10.8. The van der Waals surface area contributed by atoms with Gasteiger partial charge in [-0.1, -0.05) is 18.2 Å². The molecule has 0 aliphatic heterocycles. The van der Waals surface area contributed by atoms with Gasteiger partial charge in [-0.05, 0) is 50.3 Å². The van der Waals surface area contributed by atoms with Crippen molar-refractivity contribution in [2.75, 3.05) is 19.8 Å². The summed E-state index contributed by atoms with van der Waals surface area (Å²) < 4.78 is 5.79. The molecule has 0 unspecified atom stereocenters. The van der Waals surface area contributed by atoms with Gasteiger partial charge in [0.2, 0.25) is 0 Å². The van der Waals surface area contributed by atoms with E-state index >= 15 is 0 Å². The monoisotopic (exact) mass is 237 g/mol. The summed E-state index contributed by atoms with van der Waals surface area (Å²) in [4.78, 5) is 0. The number of benzene rings is 1. The van der Waals surface area contributed by atoms with Crippen LogP contribution in [0, 0.1) is 19.8 Å². The van der Waals surface area contributed by atoms with Gasteiger partial charge >= 0.3 is 0 Å². The predicted molar refractivity (Wildman–Crippen MR) is 70.3 cm³/mol. The Morgan fingerprint density at radius 2 is 1.88 bits per heavy atom. The van der Waals surface area contributed by atoms with Crippen LogP contribution in [0.3, 0.4) is 0 Å². The Kier molecular flexibility index (Phi) is 6.01. The van der Waals surface area contributed by atoms with E-state index in [0.717, 1.165) is 29.7 Å². The fraction of sp³-hybridized carbons (Fsp3) is 0.571. The van der Waals surface area contributed by atoms with Gasteiger partial charge in [0, 0.05) is 6.61 Å². The van der Waals surface area contributed by atoms with E-state index in [1.54, 1.807) is 0 Å². The van der Waals surface area contributed by atoms with Gasteiger partial charge in [-0.2, -0.15) is 0 Å². The highest BCUT2D eigenvalue weighted by atomic mass is 16.5. The van der Waals surface area contributed by atoms with E-state index in [2.05, 4.69) is 0 Å². The predicted octanol–water partition coefficient (Wildman–Crippen LogP) is 2.03. The maximum Gasteiger partial charge on any atom is 0.125 e. The fourth-order valence-electron chi connectivity index (χ4n) is 1.92. The zero-order valence-corrected chi connectivity index (χ0v) is 10.8. The van der Waals surface area contributed by atoms with Crippen LogP contribution in [0.4, 0.5) is 0 Å². The van der Waals surface area contributed by atoms with Crippen LogP contribution >= 0.6 is 0 Å². The lowest BCUT2D eigenvalue weighted by molar-refractivity contribution is 0.185. The van der Waals surface area contributed by atoms with E-state index in [1.165, 1.54) is 0 Å². The van der Waals surface area contributed by atoms with Gasteiger partial charge in [-0.3, -0.25) is 0 Å². The van der Waals surface area contributed by atoms with Crippen molar-refractivity contribution in [2.45, 2.75) is 26.7 Å². The number of aliphatic hydroxyl groups is 1. The number of hydrogen-bond donors (Lipinski definition) is 2. The molecule has 0 heterocycles. The minimum atomic E-state index is 0.188. The standard InChI is InChI=1S/C14H23NO2/c1-11-4-3-5-12(2)14(11)17-9-7-13(10-16)6-8-15/h3-5,13,16H,6-10,15H2,1-2H3/t13-/m1/s1. The van der Waals surface area contributed by atoms with Crippen molar-refractivity contribution >= 4 is 0 Å². The highest BCUT2D eigenvalue weighted by Gasteiger charge is 2.08. The van der Waals surface area contributed by atoms with Crippen LogP contribution in [-0.4, -0.2) is 24.9 Å². The van der Waals surface area contributed by atoms with Crippen LogP contribution in [-0.2, 0) is 0 Å². The Bertz CT molecular complexity index is 319. The minimum absolute atomic E-state index is 0.188. The quantitative estimate of drug-likeness (QED) is 0.763. The molecule has 0 aliphatic rings. The van der Waals surface area contributed by atoms with E-state index in [1.807, 2.05) is 32.0 Å². The highest BCUT2D eigenvalue weighted by molar-refractivity contribution is 5.39. The van der Waals surface area contributed by atoms with Crippen molar-refractivity contribution in [1.29, 1.82) is 0 Å². The van der Waals surface area contributed by atoms with Crippen LogP contribution in [0.25, 0.3) is 0 Å². The van der Waals surface area contributed by atoms with E-state index in [4.69, 9.17) is 15.6 Å². The Morgan fingerprint density at radius 1 is 1.24 bits per heavy atom. The van der Waals surface area contributed by atoms with Crippen molar-refractivity contribution in [2.24, 2.45) is 11.7 Å². The number of nitrogens with two attached hydrogens (primary N) is 1. The van der Waals surface area contributed by atoms with Crippen LogP contribution in [0.5, 0.6) is 5.75 Å². The maximum absolute atomic E-state index is 9.15. The summed E-state index contributed by atoms with van der Waals surface area (Å²) in [5.74, 6) is 1.22. The van der Waals surface area contributed by atoms with Gasteiger partial charge < -0.3 is 15.6 Å². The molecule has 1 aromatic carbocycles. The molecular weight excluding hydrogens is 214 g/mol. The summed E-state index contributed by atoms with van der Waals surface area (Å²) >= 11 is 0. The molecule has 96 valence electrons. The molecule has 0 radical (unpaired) electrons. The maximum atomic E-state index is 9.15. The Labute approximate surface area is 104 Å². The van der Waals surface area contributed by atoms with Gasteiger partial charge in [-0.15, -0.1) is 0 Å². The molecule has 0 amide bonds. The van der Waals surface area contributed by atoms with Crippen molar-refractivity contribution in [3.05, 3.63) is 29.3 Å². The third-order valence-corrected chi connectivity index (χ3v) is 3.01. The van der Waals surface area contributed by atoms with Crippen molar-refractivity contribution < 1.29 is 9.84 Å². The average molecular weight is 237 g/mol. The summed E-state index contributed by atoms with van der Waals surface area (Å²) in [6.07, 6.45) is 1.70. The smallest absolute Gasteiger partial charge is 0.125 e. The molecule has 0 aromatic heterocycles. The molecule has 0 fully saturated rings. The first-order valence-electron chi connectivity index (χ1n) is 6.19. The lowest BCUT2D eigenvalue weighted by Gasteiger charge is -2.15. The second-order valence-electron chi connectivity index (χ2n) is 4.48. The summed E-state index contributed by atoms with van der Waals surface area (Å²) in [5.41, 5.74) is 7.80. The first-order valence-corrected chi connectivity index (χ1v) is 6.19. The molecule has 0 aliphatic carbocycles.